The molecule has 0 saturated carbocycles. The lowest BCUT2D eigenvalue weighted by molar-refractivity contribution is 0.242. The Hall–Kier alpha value is -2.10. The summed E-state index contributed by atoms with van der Waals surface area (Å²) >= 11 is 6.03. The van der Waals surface area contributed by atoms with Gasteiger partial charge < -0.3 is 9.52 Å². The molecule has 0 aliphatic heterocycles. The van der Waals surface area contributed by atoms with E-state index in [0.29, 0.717) is 21.4 Å². The molecule has 3 aromatic rings. The summed E-state index contributed by atoms with van der Waals surface area (Å²) < 4.78 is 5.22. The number of fused-ring (bicyclic) bond motifs is 1. The molecule has 1 N–H and O–H groups in total. The van der Waals surface area contributed by atoms with Gasteiger partial charge in [0.15, 0.2) is 0 Å². The highest BCUT2D eigenvalue weighted by atomic mass is 35.5. The quantitative estimate of drug-likeness (QED) is 0.783. The zero-order chi connectivity index (χ0) is 14.1. The highest BCUT2D eigenvalue weighted by molar-refractivity contribution is 6.31. The lowest BCUT2D eigenvalue weighted by Gasteiger charge is -2.10. The van der Waals surface area contributed by atoms with Gasteiger partial charge >= 0.3 is 5.63 Å². The summed E-state index contributed by atoms with van der Waals surface area (Å²) in [5, 5.41) is 11.1. The molecule has 0 radical (unpaired) electrons. The van der Waals surface area contributed by atoms with Crippen molar-refractivity contribution in [1.29, 1.82) is 0 Å². The number of halogens is 1. The number of rotatable bonds is 2. The van der Waals surface area contributed by atoms with E-state index < -0.39 is 5.63 Å². The maximum absolute atomic E-state index is 11.9. The third-order valence-corrected chi connectivity index (χ3v) is 3.41. The molecule has 0 spiro atoms. The standard InChI is InChI=1S/C16H11ClO3/c17-11-6-7-12-13(8-11)15(10-4-2-1-3-5-10)14(9-18)20-16(12)19/h1-8,18H,9H2. The van der Waals surface area contributed by atoms with Crippen LogP contribution in [0.5, 0.6) is 0 Å². The normalized spacial score (nSPS) is 10.9. The summed E-state index contributed by atoms with van der Waals surface area (Å²) in [6.07, 6.45) is 0. The third kappa shape index (κ3) is 2.11. The minimum absolute atomic E-state index is 0.246. The van der Waals surface area contributed by atoms with E-state index in [1.807, 2.05) is 30.3 Å². The maximum Gasteiger partial charge on any atom is 0.343 e. The molecule has 0 atom stereocenters. The predicted molar refractivity (Wildman–Crippen MR) is 78.9 cm³/mol. The summed E-state index contributed by atoms with van der Waals surface area (Å²) in [5.41, 5.74) is 1.10. The van der Waals surface area contributed by atoms with Crippen molar-refractivity contribution in [3.63, 3.8) is 0 Å². The molecular weight excluding hydrogens is 276 g/mol. The average Bonchev–Trinajstić information content (AvgIpc) is 2.47. The second-order valence-corrected chi connectivity index (χ2v) is 4.84. The molecular formula is C16H11ClO3. The van der Waals surface area contributed by atoms with Crippen molar-refractivity contribution >= 4 is 22.4 Å². The number of aliphatic hydroxyl groups excluding tert-OH is 1. The molecule has 1 aromatic heterocycles. The van der Waals surface area contributed by atoms with Crippen LogP contribution in [-0.2, 0) is 6.61 Å². The van der Waals surface area contributed by atoms with E-state index >= 15 is 0 Å². The van der Waals surface area contributed by atoms with Crippen LogP contribution in [0.15, 0.2) is 57.7 Å². The van der Waals surface area contributed by atoms with Gasteiger partial charge in [-0.05, 0) is 23.8 Å². The smallest absolute Gasteiger partial charge is 0.343 e. The SMILES string of the molecule is O=c1oc(CO)c(-c2ccccc2)c2cc(Cl)ccc12. The summed E-state index contributed by atoms with van der Waals surface area (Å²) in [5.74, 6) is 0.246. The molecule has 100 valence electrons. The van der Waals surface area contributed by atoms with Crippen LogP contribution in [0.3, 0.4) is 0 Å². The lowest BCUT2D eigenvalue weighted by atomic mass is 9.98. The number of hydrogen-bond acceptors (Lipinski definition) is 3. The second kappa shape index (κ2) is 5.12. The fourth-order valence-electron chi connectivity index (χ4n) is 2.30. The van der Waals surface area contributed by atoms with Gasteiger partial charge in [0, 0.05) is 16.0 Å². The van der Waals surface area contributed by atoms with E-state index in [1.165, 1.54) is 0 Å². The summed E-state index contributed by atoms with van der Waals surface area (Å²) in [7, 11) is 0. The Bertz CT molecular complexity index is 822. The molecule has 20 heavy (non-hydrogen) atoms. The Morgan fingerprint density at radius 3 is 2.50 bits per heavy atom. The molecule has 4 heteroatoms. The van der Waals surface area contributed by atoms with Crippen molar-refractivity contribution in [2.45, 2.75) is 6.61 Å². The van der Waals surface area contributed by atoms with Crippen molar-refractivity contribution in [2.75, 3.05) is 0 Å². The van der Waals surface area contributed by atoms with E-state index in [0.717, 1.165) is 5.56 Å². The largest absolute Gasteiger partial charge is 0.424 e. The van der Waals surface area contributed by atoms with Crippen molar-refractivity contribution in [2.24, 2.45) is 0 Å². The Kier molecular flexibility index (Phi) is 3.30. The van der Waals surface area contributed by atoms with Gasteiger partial charge in [0.2, 0.25) is 0 Å². The van der Waals surface area contributed by atoms with Gasteiger partial charge in [-0.25, -0.2) is 4.79 Å². The van der Waals surface area contributed by atoms with Gasteiger partial charge in [-0.1, -0.05) is 41.9 Å². The van der Waals surface area contributed by atoms with Crippen LogP contribution in [-0.4, -0.2) is 5.11 Å². The monoisotopic (exact) mass is 286 g/mol. The zero-order valence-corrected chi connectivity index (χ0v) is 11.2. The van der Waals surface area contributed by atoms with Crippen LogP contribution >= 0.6 is 11.6 Å². The first-order valence-corrected chi connectivity index (χ1v) is 6.50. The number of hydrogen-bond donors (Lipinski definition) is 1. The third-order valence-electron chi connectivity index (χ3n) is 3.17. The van der Waals surface area contributed by atoms with E-state index in [2.05, 4.69) is 0 Å². The molecule has 0 unspecified atom stereocenters. The minimum Gasteiger partial charge on any atom is -0.424 e. The van der Waals surface area contributed by atoms with Crippen molar-refractivity contribution in [3.8, 4) is 11.1 Å². The Morgan fingerprint density at radius 1 is 1.05 bits per heavy atom. The van der Waals surface area contributed by atoms with Crippen LogP contribution in [0.25, 0.3) is 21.9 Å². The average molecular weight is 287 g/mol. The molecule has 2 aromatic carbocycles. The molecule has 0 saturated heterocycles. The lowest BCUT2D eigenvalue weighted by Crippen LogP contribution is -2.05. The van der Waals surface area contributed by atoms with E-state index in [1.54, 1.807) is 18.2 Å². The molecule has 0 bridgehead atoms. The number of benzene rings is 2. The number of aliphatic hydroxyl groups is 1. The van der Waals surface area contributed by atoms with Gasteiger partial charge in [-0.15, -0.1) is 0 Å². The van der Waals surface area contributed by atoms with Crippen LogP contribution in [0.4, 0.5) is 0 Å². The van der Waals surface area contributed by atoms with E-state index in [9.17, 15) is 9.90 Å². The molecule has 1 heterocycles. The zero-order valence-electron chi connectivity index (χ0n) is 10.5. The molecule has 0 aliphatic carbocycles. The summed E-state index contributed by atoms with van der Waals surface area (Å²) in [4.78, 5) is 11.9. The summed E-state index contributed by atoms with van der Waals surface area (Å²) in [6, 6.07) is 14.5. The first-order chi connectivity index (χ1) is 9.70. The Labute approximate surface area is 120 Å². The van der Waals surface area contributed by atoms with Crippen molar-refractivity contribution < 1.29 is 9.52 Å². The first kappa shape index (κ1) is 12.9. The van der Waals surface area contributed by atoms with Crippen LogP contribution in [0.2, 0.25) is 5.02 Å². The van der Waals surface area contributed by atoms with Crippen molar-refractivity contribution in [3.05, 3.63) is 69.7 Å². The first-order valence-electron chi connectivity index (χ1n) is 6.12. The highest BCUT2D eigenvalue weighted by Gasteiger charge is 2.15. The second-order valence-electron chi connectivity index (χ2n) is 4.40. The van der Waals surface area contributed by atoms with Crippen LogP contribution in [0.1, 0.15) is 5.76 Å². The van der Waals surface area contributed by atoms with Crippen molar-refractivity contribution in [1.82, 2.24) is 0 Å². The van der Waals surface area contributed by atoms with E-state index in [4.69, 9.17) is 16.0 Å². The van der Waals surface area contributed by atoms with E-state index in [-0.39, 0.29) is 12.4 Å². The predicted octanol–water partition coefficient (Wildman–Crippen LogP) is 3.61. The topological polar surface area (TPSA) is 50.4 Å². The molecule has 3 rings (SSSR count). The van der Waals surface area contributed by atoms with Crippen LogP contribution < -0.4 is 5.63 Å². The molecule has 0 fully saturated rings. The van der Waals surface area contributed by atoms with Gasteiger partial charge in [-0.2, -0.15) is 0 Å². The molecule has 0 amide bonds. The maximum atomic E-state index is 11.9. The van der Waals surface area contributed by atoms with Gasteiger partial charge in [0.05, 0.1) is 5.39 Å². The summed E-state index contributed by atoms with van der Waals surface area (Å²) in [6.45, 7) is -0.345. The highest BCUT2D eigenvalue weighted by Crippen LogP contribution is 2.32. The van der Waals surface area contributed by atoms with Crippen LogP contribution in [0, 0.1) is 0 Å². The minimum atomic E-state index is -0.472. The Morgan fingerprint density at radius 2 is 1.80 bits per heavy atom. The fraction of sp³-hybridized carbons (Fsp3) is 0.0625. The fourth-order valence-corrected chi connectivity index (χ4v) is 2.47. The molecule has 3 nitrogen and oxygen atoms in total. The van der Waals surface area contributed by atoms with Gasteiger partial charge in [0.1, 0.15) is 12.4 Å². The molecule has 0 aliphatic rings. The van der Waals surface area contributed by atoms with Gasteiger partial charge in [-0.3, -0.25) is 0 Å². The van der Waals surface area contributed by atoms with Gasteiger partial charge in [0.25, 0.3) is 0 Å². The Balaban J connectivity index is 2.48.